The highest BCUT2D eigenvalue weighted by molar-refractivity contribution is 7.91. The molecule has 0 spiro atoms. The second-order valence-electron chi connectivity index (χ2n) is 4.75. The first-order valence-electron chi connectivity index (χ1n) is 6.18. The van der Waals surface area contributed by atoms with Crippen molar-refractivity contribution in [1.29, 1.82) is 0 Å². The summed E-state index contributed by atoms with van der Waals surface area (Å²) in [5, 5.41) is 0. The third kappa shape index (κ3) is 3.67. The smallest absolute Gasteiger partial charge is 0.246 e. The lowest BCUT2D eigenvalue weighted by molar-refractivity contribution is -0.126. The summed E-state index contributed by atoms with van der Waals surface area (Å²) >= 11 is 0. The van der Waals surface area contributed by atoms with Crippen LogP contribution < -0.4 is 0 Å². The Morgan fingerprint density at radius 3 is 2.58 bits per heavy atom. The second-order valence-corrected chi connectivity index (χ2v) is 6.98. The van der Waals surface area contributed by atoms with E-state index in [2.05, 4.69) is 0 Å². The average Bonchev–Trinajstić information content (AvgIpc) is 2.76. The van der Waals surface area contributed by atoms with Crippen molar-refractivity contribution >= 4 is 21.8 Å². The SMILES string of the molecule is CN(C(=O)/C=C\c1ccccc1)C1CCS(=O)(=O)C1. The standard InChI is InChI=1S/C14H17NO3S/c1-15(13-9-10-19(17,18)11-13)14(16)8-7-12-5-3-2-4-6-12/h2-8,13H,9-11H2,1H3/b8-7-. The van der Waals surface area contributed by atoms with Gasteiger partial charge in [0.1, 0.15) is 0 Å². The molecule has 0 bridgehead atoms. The maximum atomic E-state index is 12.0. The van der Waals surface area contributed by atoms with Crippen molar-refractivity contribution in [2.75, 3.05) is 18.6 Å². The first kappa shape index (κ1) is 13.8. The Labute approximate surface area is 113 Å². The number of benzene rings is 1. The minimum atomic E-state index is -2.96. The lowest BCUT2D eigenvalue weighted by Gasteiger charge is -2.21. The summed E-state index contributed by atoms with van der Waals surface area (Å²) in [6.07, 6.45) is 3.76. The summed E-state index contributed by atoms with van der Waals surface area (Å²) in [5.41, 5.74) is 0.947. The minimum Gasteiger partial charge on any atom is -0.338 e. The van der Waals surface area contributed by atoms with Crippen LogP contribution in [0.3, 0.4) is 0 Å². The maximum Gasteiger partial charge on any atom is 0.246 e. The largest absolute Gasteiger partial charge is 0.338 e. The van der Waals surface area contributed by atoms with E-state index < -0.39 is 9.84 Å². The van der Waals surface area contributed by atoms with Gasteiger partial charge in [0.25, 0.3) is 0 Å². The zero-order valence-corrected chi connectivity index (χ0v) is 11.6. The maximum absolute atomic E-state index is 12.0. The summed E-state index contributed by atoms with van der Waals surface area (Å²) in [4.78, 5) is 13.5. The highest BCUT2D eigenvalue weighted by Gasteiger charge is 2.31. The van der Waals surface area contributed by atoms with E-state index in [9.17, 15) is 13.2 Å². The molecule has 1 aliphatic heterocycles. The summed E-state index contributed by atoms with van der Waals surface area (Å²) in [6.45, 7) is 0. The van der Waals surface area contributed by atoms with Gasteiger partial charge < -0.3 is 4.90 Å². The zero-order valence-electron chi connectivity index (χ0n) is 10.8. The average molecular weight is 279 g/mol. The van der Waals surface area contributed by atoms with Crippen LogP contribution in [-0.4, -0.2) is 43.8 Å². The van der Waals surface area contributed by atoms with E-state index in [0.29, 0.717) is 6.42 Å². The van der Waals surface area contributed by atoms with Gasteiger partial charge >= 0.3 is 0 Å². The minimum absolute atomic E-state index is 0.0778. The van der Waals surface area contributed by atoms with Gasteiger partial charge in [0, 0.05) is 19.2 Å². The predicted molar refractivity (Wildman–Crippen MR) is 75.3 cm³/mol. The lowest BCUT2D eigenvalue weighted by atomic mass is 10.2. The molecule has 0 saturated carbocycles. The topological polar surface area (TPSA) is 54.5 Å². The van der Waals surface area contributed by atoms with Crippen LogP contribution in [0, 0.1) is 0 Å². The molecule has 4 nitrogen and oxygen atoms in total. The van der Waals surface area contributed by atoms with Gasteiger partial charge in [-0.3, -0.25) is 4.79 Å². The quantitative estimate of drug-likeness (QED) is 0.785. The molecule has 1 heterocycles. The van der Waals surface area contributed by atoms with Crippen molar-refractivity contribution in [1.82, 2.24) is 4.90 Å². The van der Waals surface area contributed by atoms with Crippen LogP contribution >= 0.6 is 0 Å². The molecule has 1 aliphatic rings. The lowest BCUT2D eigenvalue weighted by Crippen LogP contribution is -2.36. The summed E-state index contributed by atoms with van der Waals surface area (Å²) in [6, 6.07) is 9.33. The number of carbonyl (C=O) groups excluding carboxylic acids is 1. The van der Waals surface area contributed by atoms with E-state index >= 15 is 0 Å². The molecular formula is C14H17NO3S. The summed E-state index contributed by atoms with van der Waals surface area (Å²) in [7, 11) is -1.30. The second kappa shape index (κ2) is 5.57. The van der Waals surface area contributed by atoms with E-state index in [4.69, 9.17) is 0 Å². The van der Waals surface area contributed by atoms with Gasteiger partial charge in [-0.2, -0.15) is 0 Å². The van der Waals surface area contributed by atoms with Crippen molar-refractivity contribution < 1.29 is 13.2 Å². The molecule has 19 heavy (non-hydrogen) atoms. The van der Waals surface area contributed by atoms with Crippen molar-refractivity contribution in [3.63, 3.8) is 0 Å². The number of likely N-dealkylation sites (N-methyl/N-ethyl adjacent to an activating group) is 1. The first-order valence-corrected chi connectivity index (χ1v) is 8.00. The summed E-state index contributed by atoms with van der Waals surface area (Å²) < 4.78 is 22.8. The highest BCUT2D eigenvalue weighted by atomic mass is 32.2. The molecule has 5 heteroatoms. The van der Waals surface area contributed by atoms with E-state index in [1.165, 1.54) is 11.0 Å². The monoisotopic (exact) mass is 279 g/mol. The van der Waals surface area contributed by atoms with E-state index in [1.807, 2.05) is 30.3 Å². The van der Waals surface area contributed by atoms with E-state index in [1.54, 1.807) is 13.1 Å². The van der Waals surface area contributed by atoms with Crippen molar-refractivity contribution in [2.45, 2.75) is 12.5 Å². The molecule has 1 unspecified atom stereocenters. The van der Waals surface area contributed by atoms with Gasteiger partial charge in [0.2, 0.25) is 5.91 Å². The van der Waals surface area contributed by atoms with Crippen molar-refractivity contribution in [3.8, 4) is 0 Å². The van der Waals surface area contributed by atoms with Crippen LogP contribution in [0.4, 0.5) is 0 Å². The molecule has 1 atom stereocenters. The van der Waals surface area contributed by atoms with Gasteiger partial charge in [0.05, 0.1) is 11.5 Å². The van der Waals surface area contributed by atoms with Gasteiger partial charge in [-0.05, 0) is 18.1 Å². The molecule has 0 radical (unpaired) electrons. The molecule has 0 aliphatic carbocycles. The van der Waals surface area contributed by atoms with Crippen LogP contribution in [0.2, 0.25) is 0 Å². The van der Waals surface area contributed by atoms with Crippen LogP contribution in [-0.2, 0) is 14.6 Å². The number of rotatable bonds is 3. The van der Waals surface area contributed by atoms with Gasteiger partial charge in [0.15, 0.2) is 9.84 Å². The van der Waals surface area contributed by atoms with Gasteiger partial charge in [-0.15, -0.1) is 0 Å². The number of sulfone groups is 1. The number of hydrogen-bond donors (Lipinski definition) is 0. The van der Waals surface area contributed by atoms with E-state index in [-0.39, 0.29) is 23.5 Å². The molecule has 0 N–H and O–H groups in total. The molecule has 1 amide bonds. The van der Waals surface area contributed by atoms with Crippen LogP contribution in [0.5, 0.6) is 0 Å². The molecule has 1 aromatic rings. The van der Waals surface area contributed by atoms with Crippen LogP contribution in [0.1, 0.15) is 12.0 Å². The van der Waals surface area contributed by atoms with Crippen LogP contribution in [0.15, 0.2) is 36.4 Å². The Morgan fingerprint density at radius 2 is 2.00 bits per heavy atom. The molecule has 1 fully saturated rings. The fraction of sp³-hybridized carbons (Fsp3) is 0.357. The van der Waals surface area contributed by atoms with E-state index in [0.717, 1.165) is 5.56 Å². The third-order valence-electron chi connectivity index (χ3n) is 3.32. The Hall–Kier alpha value is -1.62. The predicted octanol–water partition coefficient (Wildman–Crippen LogP) is 1.35. The normalized spacial score (nSPS) is 21.6. The number of amides is 1. The Kier molecular flexibility index (Phi) is 4.04. The van der Waals surface area contributed by atoms with Gasteiger partial charge in [-0.25, -0.2) is 8.42 Å². The molecule has 1 saturated heterocycles. The van der Waals surface area contributed by atoms with Crippen molar-refractivity contribution in [3.05, 3.63) is 42.0 Å². The zero-order chi connectivity index (χ0) is 13.9. The third-order valence-corrected chi connectivity index (χ3v) is 5.07. The van der Waals surface area contributed by atoms with Crippen molar-refractivity contribution in [2.24, 2.45) is 0 Å². The number of carbonyl (C=O) groups is 1. The fourth-order valence-electron chi connectivity index (χ4n) is 2.11. The molecular weight excluding hydrogens is 262 g/mol. The van der Waals surface area contributed by atoms with Crippen LogP contribution in [0.25, 0.3) is 6.08 Å². The number of hydrogen-bond acceptors (Lipinski definition) is 3. The molecule has 2 rings (SSSR count). The molecule has 0 aromatic heterocycles. The fourth-order valence-corrected chi connectivity index (χ4v) is 3.88. The Balaban J connectivity index is 1.99. The first-order chi connectivity index (χ1) is 8.98. The van der Waals surface area contributed by atoms with Gasteiger partial charge in [-0.1, -0.05) is 30.3 Å². The Morgan fingerprint density at radius 1 is 1.32 bits per heavy atom. The summed E-state index contributed by atoms with van der Waals surface area (Å²) in [5.74, 6) is 0.0949. The molecule has 102 valence electrons. The molecule has 1 aromatic carbocycles. The highest BCUT2D eigenvalue weighted by Crippen LogP contribution is 2.17. The number of nitrogens with zero attached hydrogens (tertiary/aromatic N) is 1. The Bertz CT molecular complexity index is 578.